The van der Waals surface area contributed by atoms with Crippen molar-refractivity contribution in [2.45, 2.75) is 50.2 Å². The second-order valence-corrected chi connectivity index (χ2v) is 6.81. The maximum Gasteiger partial charge on any atom is 0.142 e. The van der Waals surface area contributed by atoms with Gasteiger partial charge in [-0.15, -0.1) is 0 Å². The molecule has 20 heavy (non-hydrogen) atoms. The minimum atomic E-state index is 0.216. The Hall–Kier alpha value is -0.740. The molecule has 3 nitrogen and oxygen atoms in total. The van der Waals surface area contributed by atoms with Gasteiger partial charge in [0.15, 0.2) is 0 Å². The molecular weight excluding hydrogens is 318 g/mol. The summed E-state index contributed by atoms with van der Waals surface area (Å²) in [5.74, 6) is 0.877. The summed E-state index contributed by atoms with van der Waals surface area (Å²) in [5.41, 5.74) is 1.24. The SMILES string of the molecule is COc1ccc(Br)cc1NCC1CCC2(CCCC2)O1. The molecule has 3 rings (SSSR count). The van der Waals surface area contributed by atoms with Crippen LogP contribution in [0.3, 0.4) is 0 Å². The zero-order valence-corrected chi connectivity index (χ0v) is 13.5. The zero-order valence-electron chi connectivity index (χ0n) is 12.0. The summed E-state index contributed by atoms with van der Waals surface area (Å²) in [7, 11) is 1.70. The summed E-state index contributed by atoms with van der Waals surface area (Å²) in [6.45, 7) is 0.856. The summed E-state index contributed by atoms with van der Waals surface area (Å²) in [6.07, 6.45) is 7.90. The van der Waals surface area contributed by atoms with Crippen LogP contribution in [0.1, 0.15) is 38.5 Å². The first-order chi connectivity index (χ1) is 9.71. The first kappa shape index (κ1) is 14.2. The highest BCUT2D eigenvalue weighted by Crippen LogP contribution is 2.43. The van der Waals surface area contributed by atoms with E-state index in [1.807, 2.05) is 12.1 Å². The van der Waals surface area contributed by atoms with Crippen molar-refractivity contribution in [3.63, 3.8) is 0 Å². The summed E-state index contributed by atoms with van der Waals surface area (Å²) in [6, 6.07) is 6.02. The number of hydrogen-bond acceptors (Lipinski definition) is 3. The minimum absolute atomic E-state index is 0.216. The van der Waals surface area contributed by atoms with Crippen molar-refractivity contribution in [3.05, 3.63) is 22.7 Å². The van der Waals surface area contributed by atoms with E-state index in [2.05, 4.69) is 27.3 Å². The Morgan fingerprint density at radius 1 is 1.35 bits per heavy atom. The van der Waals surface area contributed by atoms with Gasteiger partial charge >= 0.3 is 0 Å². The number of anilines is 1. The average molecular weight is 340 g/mol. The van der Waals surface area contributed by atoms with Crippen LogP contribution in [0.4, 0.5) is 5.69 Å². The number of benzene rings is 1. The van der Waals surface area contributed by atoms with Gasteiger partial charge in [0.05, 0.1) is 24.5 Å². The smallest absolute Gasteiger partial charge is 0.142 e. The lowest BCUT2D eigenvalue weighted by Gasteiger charge is -2.24. The van der Waals surface area contributed by atoms with E-state index in [4.69, 9.17) is 9.47 Å². The van der Waals surface area contributed by atoms with Crippen LogP contribution >= 0.6 is 15.9 Å². The molecule has 1 saturated carbocycles. The molecule has 1 aliphatic carbocycles. The van der Waals surface area contributed by atoms with Crippen molar-refractivity contribution in [3.8, 4) is 5.75 Å². The molecule has 0 radical (unpaired) electrons. The van der Waals surface area contributed by atoms with Gasteiger partial charge in [-0.3, -0.25) is 0 Å². The molecule has 0 aromatic heterocycles. The summed E-state index contributed by atoms with van der Waals surface area (Å²) >= 11 is 3.50. The van der Waals surface area contributed by atoms with Gasteiger partial charge in [0.2, 0.25) is 0 Å². The fourth-order valence-electron chi connectivity index (χ4n) is 3.47. The summed E-state index contributed by atoms with van der Waals surface area (Å²) in [4.78, 5) is 0. The highest BCUT2D eigenvalue weighted by Gasteiger charge is 2.41. The molecule has 1 heterocycles. The van der Waals surface area contributed by atoms with Gasteiger partial charge in [0, 0.05) is 11.0 Å². The predicted molar refractivity (Wildman–Crippen MR) is 84.5 cm³/mol. The third-order valence-electron chi connectivity index (χ3n) is 4.54. The number of halogens is 1. The monoisotopic (exact) mass is 339 g/mol. The van der Waals surface area contributed by atoms with Crippen LogP contribution in [-0.2, 0) is 4.74 Å². The minimum Gasteiger partial charge on any atom is -0.495 e. The third-order valence-corrected chi connectivity index (χ3v) is 5.03. The van der Waals surface area contributed by atoms with Crippen LogP contribution in [0.2, 0.25) is 0 Å². The van der Waals surface area contributed by atoms with Crippen molar-refractivity contribution in [2.24, 2.45) is 0 Å². The Bertz CT molecular complexity index is 472. The van der Waals surface area contributed by atoms with Gasteiger partial charge in [-0.05, 0) is 43.9 Å². The lowest BCUT2D eigenvalue weighted by molar-refractivity contribution is -0.0307. The molecule has 2 aliphatic rings. The van der Waals surface area contributed by atoms with Gasteiger partial charge in [0.1, 0.15) is 5.75 Å². The standard InChI is InChI=1S/C16H22BrNO2/c1-19-15-5-4-12(17)10-14(15)18-11-13-6-9-16(20-13)7-2-3-8-16/h4-5,10,13,18H,2-3,6-9,11H2,1H3. The molecule has 1 aliphatic heterocycles. The molecule has 4 heteroatoms. The fraction of sp³-hybridized carbons (Fsp3) is 0.625. The van der Waals surface area contributed by atoms with Crippen molar-refractivity contribution in [1.29, 1.82) is 0 Å². The summed E-state index contributed by atoms with van der Waals surface area (Å²) < 4.78 is 12.8. The Kier molecular flexibility index (Phi) is 4.22. The van der Waals surface area contributed by atoms with E-state index in [9.17, 15) is 0 Å². The van der Waals surface area contributed by atoms with E-state index < -0.39 is 0 Å². The van der Waals surface area contributed by atoms with Crippen LogP contribution in [0.5, 0.6) is 5.75 Å². The number of hydrogen-bond donors (Lipinski definition) is 1. The third kappa shape index (κ3) is 2.96. The lowest BCUT2D eigenvalue weighted by atomic mass is 9.98. The molecule has 0 bridgehead atoms. The molecule has 1 unspecified atom stereocenters. The molecule has 110 valence electrons. The van der Waals surface area contributed by atoms with Crippen molar-refractivity contribution in [1.82, 2.24) is 0 Å². The topological polar surface area (TPSA) is 30.5 Å². The van der Waals surface area contributed by atoms with E-state index in [0.29, 0.717) is 6.10 Å². The molecule has 1 aromatic rings. The van der Waals surface area contributed by atoms with Crippen LogP contribution in [-0.4, -0.2) is 25.4 Å². The van der Waals surface area contributed by atoms with Gasteiger partial charge in [-0.25, -0.2) is 0 Å². The maximum absolute atomic E-state index is 6.32. The first-order valence-corrected chi connectivity index (χ1v) is 8.25. The molecule has 1 atom stereocenters. The lowest BCUT2D eigenvalue weighted by Crippen LogP contribution is -2.27. The number of ether oxygens (including phenoxy) is 2. The largest absolute Gasteiger partial charge is 0.495 e. The van der Waals surface area contributed by atoms with Gasteiger partial charge in [0.25, 0.3) is 0 Å². The van der Waals surface area contributed by atoms with E-state index >= 15 is 0 Å². The quantitative estimate of drug-likeness (QED) is 0.883. The maximum atomic E-state index is 6.32. The average Bonchev–Trinajstić information content (AvgIpc) is 3.07. The summed E-state index contributed by atoms with van der Waals surface area (Å²) in [5, 5.41) is 3.47. The van der Waals surface area contributed by atoms with Crippen LogP contribution in [0, 0.1) is 0 Å². The van der Waals surface area contributed by atoms with Crippen LogP contribution in [0.25, 0.3) is 0 Å². The highest BCUT2D eigenvalue weighted by atomic mass is 79.9. The zero-order chi connectivity index (χ0) is 14.0. The Balaban J connectivity index is 1.59. The second kappa shape index (κ2) is 5.94. The highest BCUT2D eigenvalue weighted by molar-refractivity contribution is 9.10. The number of rotatable bonds is 4. The molecule has 1 spiro atoms. The normalized spacial score (nSPS) is 24.2. The Morgan fingerprint density at radius 3 is 2.90 bits per heavy atom. The fourth-order valence-corrected chi connectivity index (χ4v) is 3.83. The molecule has 2 fully saturated rings. The molecule has 1 aromatic carbocycles. The van der Waals surface area contributed by atoms with E-state index in [-0.39, 0.29) is 5.60 Å². The number of methoxy groups -OCH3 is 1. The van der Waals surface area contributed by atoms with Gasteiger partial charge in [-0.2, -0.15) is 0 Å². The van der Waals surface area contributed by atoms with Gasteiger partial charge in [-0.1, -0.05) is 28.8 Å². The van der Waals surface area contributed by atoms with Crippen molar-refractivity contribution >= 4 is 21.6 Å². The van der Waals surface area contributed by atoms with Crippen molar-refractivity contribution in [2.75, 3.05) is 19.0 Å². The molecule has 1 N–H and O–H groups in total. The van der Waals surface area contributed by atoms with E-state index in [1.165, 1.54) is 38.5 Å². The van der Waals surface area contributed by atoms with Crippen molar-refractivity contribution < 1.29 is 9.47 Å². The molecule has 1 saturated heterocycles. The molecule has 0 amide bonds. The number of nitrogens with one attached hydrogen (secondary N) is 1. The van der Waals surface area contributed by atoms with E-state index in [0.717, 1.165) is 22.5 Å². The Labute approximate surface area is 129 Å². The second-order valence-electron chi connectivity index (χ2n) is 5.89. The predicted octanol–water partition coefficient (Wildman–Crippen LogP) is 4.36. The van der Waals surface area contributed by atoms with E-state index in [1.54, 1.807) is 7.11 Å². The van der Waals surface area contributed by atoms with Gasteiger partial charge < -0.3 is 14.8 Å². The van der Waals surface area contributed by atoms with Crippen LogP contribution in [0.15, 0.2) is 22.7 Å². The Morgan fingerprint density at radius 2 is 2.15 bits per heavy atom. The molecular formula is C16H22BrNO2. The first-order valence-electron chi connectivity index (χ1n) is 7.46. The van der Waals surface area contributed by atoms with Crippen LogP contribution < -0.4 is 10.1 Å².